The summed E-state index contributed by atoms with van der Waals surface area (Å²) in [6, 6.07) is 0.811. The van der Waals surface area contributed by atoms with Crippen LogP contribution in [-0.2, 0) is 0 Å². The molecule has 3 rings (SSSR count). The first-order valence-electron chi connectivity index (χ1n) is 6.82. The third-order valence-electron chi connectivity index (χ3n) is 4.67. The molecule has 2 heterocycles. The maximum absolute atomic E-state index is 3.61. The Bertz CT molecular complexity index is 207. The molecule has 0 radical (unpaired) electrons. The molecular formula is C13H24N2. The second-order valence-electron chi connectivity index (χ2n) is 6.02. The largest absolute Gasteiger partial charge is 0.313 e. The molecule has 86 valence electrons. The molecule has 0 amide bonds. The first kappa shape index (κ1) is 10.1. The smallest absolute Gasteiger partial charge is 0.0195 e. The highest BCUT2D eigenvalue weighted by molar-refractivity contribution is 4.97. The Morgan fingerprint density at radius 2 is 1.87 bits per heavy atom. The zero-order valence-corrected chi connectivity index (χ0v) is 9.80. The van der Waals surface area contributed by atoms with Gasteiger partial charge < -0.3 is 10.2 Å². The molecule has 0 aromatic carbocycles. The summed E-state index contributed by atoms with van der Waals surface area (Å²) in [5.74, 6) is 0. The van der Waals surface area contributed by atoms with Crippen LogP contribution in [-0.4, -0.2) is 37.1 Å². The fourth-order valence-electron chi connectivity index (χ4n) is 3.87. The zero-order valence-electron chi connectivity index (χ0n) is 9.80. The molecule has 1 unspecified atom stereocenters. The minimum Gasteiger partial charge on any atom is -0.313 e. The first-order valence-corrected chi connectivity index (χ1v) is 6.82. The van der Waals surface area contributed by atoms with Gasteiger partial charge in [0.25, 0.3) is 0 Å². The molecule has 1 atom stereocenters. The van der Waals surface area contributed by atoms with E-state index < -0.39 is 0 Å². The second kappa shape index (κ2) is 4.06. The van der Waals surface area contributed by atoms with Crippen molar-refractivity contribution < 1.29 is 0 Å². The van der Waals surface area contributed by atoms with E-state index in [9.17, 15) is 0 Å². The summed E-state index contributed by atoms with van der Waals surface area (Å²) in [6.07, 6.45) is 10.3. The average Bonchev–Trinajstić information content (AvgIpc) is 2.70. The van der Waals surface area contributed by atoms with Crippen LogP contribution in [0.3, 0.4) is 0 Å². The van der Waals surface area contributed by atoms with Gasteiger partial charge in [-0.15, -0.1) is 0 Å². The number of hydrogen-bond donors (Lipinski definition) is 1. The first-order chi connectivity index (χ1) is 7.36. The number of likely N-dealkylation sites (tertiary alicyclic amines) is 1. The molecule has 3 fully saturated rings. The predicted molar refractivity (Wildman–Crippen MR) is 63.0 cm³/mol. The number of nitrogens with one attached hydrogen (secondary N) is 1. The Morgan fingerprint density at radius 1 is 1.07 bits per heavy atom. The highest BCUT2D eigenvalue weighted by atomic mass is 15.2. The fourth-order valence-corrected chi connectivity index (χ4v) is 3.87. The van der Waals surface area contributed by atoms with E-state index in [1.165, 1.54) is 71.1 Å². The lowest BCUT2D eigenvalue weighted by Crippen LogP contribution is -2.59. The summed E-state index contributed by atoms with van der Waals surface area (Å²) in [7, 11) is 0. The van der Waals surface area contributed by atoms with Crippen molar-refractivity contribution in [2.24, 2.45) is 5.41 Å². The van der Waals surface area contributed by atoms with Gasteiger partial charge in [-0.3, -0.25) is 0 Å². The van der Waals surface area contributed by atoms with Crippen molar-refractivity contribution in [1.29, 1.82) is 0 Å². The molecule has 1 spiro atoms. The van der Waals surface area contributed by atoms with Gasteiger partial charge in [0.15, 0.2) is 0 Å². The fraction of sp³-hybridized carbons (Fsp3) is 1.00. The van der Waals surface area contributed by atoms with E-state index in [1.54, 1.807) is 0 Å². The number of hydrogen-bond acceptors (Lipinski definition) is 2. The Labute approximate surface area is 93.4 Å². The van der Waals surface area contributed by atoms with Gasteiger partial charge in [-0.1, -0.05) is 19.3 Å². The Kier molecular flexibility index (Phi) is 2.73. The molecule has 15 heavy (non-hydrogen) atoms. The maximum atomic E-state index is 3.61. The minimum absolute atomic E-state index is 0.775. The van der Waals surface area contributed by atoms with Gasteiger partial charge in [-0.2, -0.15) is 0 Å². The third-order valence-corrected chi connectivity index (χ3v) is 4.67. The van der Waals surface area contributed by atoms with E-state index in [4.69, 9.17) is 0 Å². The number of rotatable bonds is 2. The molecular weight excluding hydrogens is 184 g/mol. The Hall–Kier alpha value is -0.0800. The van der Waals surface area contributed by atoms with Crippen molar-refractivity contribution in [3.63, 3.8) is 0 Å². The van der Waals surface area contributed by atoms with Crippen molar-refractivity contribution in [3.8, 4) is 0 Å². The van der Waals surface area contributed by atoms with Gasteiger partial charge in [0, 0.05) is 25.7 Å². The summed E-state index contributed by atoms with van der Waals surface area (Å²) in [4.78, 5) is 2.69. The van der Waals surface area contributed by atoms with Crippen molar-refractivity contribution >= 4 is 0 Å². The van der Waals surface area contributed by atoms with Crippen molar-refractivity contribution in [2.45, 2.75) is 51.0 Å². The van der Waals surface area contributed by atoms with E-state index in [-0.39, 0.29) is 0 Å². The van der Waals surface area contributed by atoms with Crippen molar-refractivity contribution in [1.82, 2.24) is 10.2 Å². The lowest BCUT2D eigenvalue weighted by molar-refractivity contribution is -0.0316. The van der Waals surface area contributed by atoms with E-state index >= 15 is 0 Å². The molecule has 0 bridgehead atoms. The van der Waals surface area contributed by atoms with Gasteiger partial charge in [-0.25, -0.2) is 0 Å². The molecule has 2 saturated heterocycles. The highest BCUT2D eigenvalue weighted by Gasteiger charge is 2.43. The normalized spacial score (nSPS) is 35.6. The summed E-state index contributed by atoms with van der Waals surface area (Å²) in [6.45, 7) is 5.39. The standard InChI is InChI=1S/C13H24N2/c1-2-6-13(7-3-1)10-15(11-13)9-12-5-4-8-14-12/h12,14H,1-11H2. The van der Waals surface area contributed by atoms with Crippen LogP contribution in [0.25, 0.3) is 0 Å². The van der Waals surface area contributed by atoms with Crippen LogP contribution in [0.1, 0.15) is 44.9 Å². The summed E-state index contributed by atoms with van der Waals surface area (Å²) >= 11 is 0. The van der Waals surface area contributed by atoms with E-state index in [1.807, 2.05) is 0 Å². The molecule has 1 N–H and O–H groups in total. The summed E-state index contributed by atoms with van der Waals surface area (Å²) in [5.41, 5.74) is 0.775. The van der Waals surface area contributed by atoms with Crippen molar-refractivity contribution in [3.05, 3.63) is 0 Å². The second-order valence-corrected chi connectivity index (χ2v) is 6.02. The molecule has 0 aromatic rings. The van der Waals surface area contributed by atoms with E-state index in [0.717, 1.165) is 11.5 Å². The monoisotopic (exact) mass is 208 g/mol. The van der Waals surface area contributed by atoms with Crippen LogP contribution >= 0.6 is 0 Å². The number of nitrogens with zero attached hydrogens (tertiary/aromatic N) is 1. The van der Waals surface area contributed by atoms with Gasteiger partial charge in [0.2, 0.25) is 0 Å². The van der Waals surface area contributed by atoms with Gasteiger partial charge in [0.1, 0.15) is 0 Å². The van der Waals surface area contributed by atoms with E-state index in [2.05, 4.69) is 10.2 Å². The summed E-state index contributed by atoms with van der Waals surface area (Å²) < 4.78 is 0. The van der Waals surface area contributed by atoms with Gasteiger partial charge >= 0.3 is 0 Å². The SMILES string of the molecule is C1CCC2(CC1)CN(CC1CCCN1)C2. The summed E-state index contributed by atoms with van der Waals surface area (Å²) in [5, 5.41) is 3.61. The Morgan fingerprint density at radius 3 is 2.53 bits per heavy atom. The van der Waals surface area contributed by atoms with E-state index in [0.29, 0.717) is 0 Å². The maximum Gasteiger partial charge on any atom is 0.0195 e. The lowest BCUT2D eigenvalue weighted by atomic mass is 9.68. The van der Waals surface area contributed by atoms with Crippen molar-refractivity contribution in [2.75, 3.05) is 26.2 Å². The molecule has 1 aliphatic carbocycles. The molecule has 2 heteroatoms. The van der Waals surface area contributed by atoms with Crippen LogP contribution in [0.2, 0.25) is 0 Å². The average molecular weight is 208 g/mol. The van der Waals surface area contributed by atoms with Gasteiger partial charge in [-0.05, 0) is 37.6 Å². The van der Waals surface area contributed by atoms with Crippen LogP contribution < -0.4 is 5.32 Å². The topological polar surface area (TPSA) is 15.3 Å². The predicted octanol–water partition coefficient (Wildman–Crippen LogP) is 2.00. The van der Waals surface area contributed by atoms with Crippen LogP contribution in [0.15, 0.2) is 0 Å². The quantitative estimate of drug-likeness (QED) is 0.747. The highest BCUT2D eigenvalue weighted by Crippen LogP contribution is 2.43. The van der Waals surface area contributed by atoms with Gasteiger partial charge in [0.05, 0.1) is 0 Å². The molecule has 2 nitrogen and oxygen atoms in total. The lowest BCUT2D eigenvalue weighted by Gasteiger charge is -2.53. The minimum atomic E-state index is 0.775. The van der Waals surface area contributed by atoms with Crippen LogP contribution in [0.5, 0.6) is 0 Å². The van der Waals surface area contributed by atoms with Crippen LogP contribution in [0.4, 0.5) is 0 Å². The zero-order chi connectivity index (χ0) is 10.1. The molecule has 0 aromatic heterocycles. The molecule has 1 saturated carbocycles. The van der Waals surface area contributed by atoms with Crippen LogP contribution in [0, 0.1) is 5.41 Å². The third kappa shape index (κ3) is 2.07. The molecule has 2 aliphatic heterocycles. The Balaban J connectivity index is 1.44. The molecule has 3 aliphatic rings.